The third-order valence-corrected chi connectivity index (χ3v) is 4.62. The molecule has 0 saturated heterocycles. The average Bonchev–Trinajstić information content (AvgIpc) is 2.86. The number of anilines is 2. The topological polar surface area (TPSA) is 73.6 Å². The molecule has 20 heavy (non-hydrogen) atoms. The fourth-order valence-electron chi connectivity index (χ4n) is 1.85. The van der Waals surface area contributed by atoms with E-state index in [2.05, 4.69) is 21.2 Å². The van der Waals surface area contributed by atoms with E-state index in [9.17, 15) is 4.79 Å². The minimum Gasteiger partial charge on any atom is -0.486 e. The monoisotopic (exact) mass is 354 g/mol. The average molecular weight is 355 g/mol. The molecule has 104 valence electrons. The van der Waals surface area contributed by atoms with E-state index in [4.69, 9.17) is 15.2 Å². The number of halogens is 1. The van der Waals surface area contributed by atoms with Gasteiger partial charge >= 0.3 is 0 Å². The third-order valence-electron chi connectivity index (χ3n) is 2.79. The molecule has 1 amide bonds. The predicted octanol–water partition coefficient (Wildman–Crippen LogP) is 3.12. The van der Waals surface area contributed by atoms with E-state index in [1.807, 2.05) is 11.4 Å². The van der Waals surface area contributed by atoms with Crippen molar-refractivity contribution >= 4 is 44.5 Å². The van der Waals surface area contributed by atoms with Crippen molar-refractivity contribution in [3.8, 4) is 11.5 Å². The molecule has 2 aromatic rings. The Labute approximate surface area is 127 Å². The lowest BCUT2D eigenvalue weighted by Crippen LogP contribution is -2.17. The van der Waals surface area contributed by atoms with Gasteiger partial charge in [0.25, 0.3) is 5.91 Å². The van der Waals surface area contributed by atoms with Gasteiger partial charge in [0.1, 0.15) is 18.1 Å². The Kier molecular flexibility index (Phi) is 3.54. The van der Waals surface area contributed by atoms with Crippen LogP contribution >= 0.6 is 27.3 Å². The molecule has 0 fully saturated rings. The summed E-state index contributed by atoms with van der Waals surface area (Å²) in [5.74, 6) is 0.977. The molecule has 0 saturated carbocycles. The van der Waals surface area contributed by atoms with E-state index in [0.29, 0.717) is 41.0 Å². The van der Waals surface area contributed by atoms with Gasteiger partial charge in [-0.1, -0.05) is 0 Å². The number of carbonyl (C=O) groups is 1. The summed E-state index contributed by atoms with van der Waals surface area (Å²) in [4.78, 5) is 12.8. The minimum absolute atomic E-state index is 0.213. The van der Waals surface area contributed by atoms with Crippen LogP contribution < -0.4 is 20.5 Å². The highest BCUT2D eigenvalue weighted by Crippen LogP contribution is 2.37. The second-order valence-electron chi connectivity index (χ2n) is 4.13. The van der Waals surface area contributed by atoms with Gasteiger partial charge in [-0.15, -0.1) is 11.3 Å². The van der Waals surface area contributed by atoms with E-state index in [1.165, 1.54) is 11.3 Å². The number of nitrogen functional groups attached to an aromatic ring is 1. The van der Waals surface area contributed by atoms with Crippen LogP contribution in [0.5, 0.6) is 11.5 Å². The molecule has 0 bridgehead atoms. The maximum Gasteiger partial charge on any atom is 0.266 e. The molecular formula is C13H11BrN2O3S. The number of hydrogen-bond donors (Lipinski definition) is 2. The molecule has 0 atom stereocenters. The van der Waals surface area contributed by atoms with Crippen molar-refractivity contribution in [3.63, 3.8) is 0 Å². The van der Waals surface area contributed by atoms with Crippen LogP contribution in [0.15, 0.2) is 28.1 Å². The largest absolute Gasteiger partial charge is 0.486 e. The first kappa shape index (κ1) is 13.3. The molecular weight excluding hydrogens is 344 g/mol. The molecule has 0 unspecified atom stereocenters. The Morgan fingerprint density at radius 3 is 2.65 bits per heavy atom. The summed E-state index contributed by atoms with van der Waals surface area (Å²) in [6, 6.07) is 5.17. The Balaban J connectivity index is 1.87. The molecule has 1 aliphatic rings. The van der Waals surface area contributed by atoms with Crippen LogP contribution in [0.1, 0.15) is 9.67 Å². The first-order valence-electron chi connectivity index (χ1n) is 5.88. The zero-order chi connectivity index (χ0) is 14.1. The van der Waals surface area contributed by atoms with Crippen molar-refractivity contribution in [1.29, 1.82) is 0 Å². The number of carbonyl (C=O) groups excluding carboxylic acids is 1. The Hall–Kier alpha value is -1.73. The summed E-state index contributed by atoms with van der Waals surface area (Å²) in [6.07, 6.45) is 0. The van der Waals surface area contributed by atoms with Gasteiger partial charge < -0.3 is 20.5 Å². The number of amides is 1. The standard InChI is InChI=1S/C13H11BrN2O3S/c14-7-1-4-20-12(7)13(17)16-9-6-11-10(5-8(9)15)18-2-3-19-11/h1,4-6H,2-3,15H2,(H,16,17). The van der Waals surface area contributed by atoms with Crippen molar-refractivity contribution < 1.29 is 14.3 Å². The predicted molar refractivity (Wildman–Crippen MR) is 81.8 cm³/mol. The van der Waals surface area contributed by atoms with Gasteiger partial charge in [0, 0.05) is 16.6 Å². The molecule has 0 spiro atoms. The summed E-state index contributed by atoms with van der Waals surface area (Å²) in [5, 5.41) is 4.62. The summed E-state index contributed by atoms with van der Waals surface area (Å²) >= 11 is 4.69. The zero-order valence-electron chi connectivity index (χ0n) is 10.3. The minimum atomic E-state index is -0.213. The highest BCUT2D eigenvalue weighted by molar-refractivity contribution is 9.10. The van der Waals surface area contributed by atoms with Gasteiger partial charge in [0.15, 0.2) is 11.5 Å². The highest BCUT2D eigenvalue weighted by atomic mass is 79.9. The fourth-order valence-corrected chi connectivity index (χ4v) is 3.29. The lowest BCUT2D eigenvalue weighted by Gasteiger charge is -2.20. The van der Waals surface area contributed by atoms with Crippen LogP contribution in [-0.2, 0) is 0 Å². The van der Waals surface area contributed by atoms with Crippen molar-refractivity contribution in [1.82, 2.24) is 0 Å². The number of benzene rings is 1. The number of fused-ring (bicyclic) bond motifs is 1. The molecule has 1 aromatic carbocycles. The second kappa shape index (κ2) is 5.34. The van der Waals surface area contributed by atoms with Crippen molar-refractivity contribution in [2.24, 2.45) is 0 Å². The van der Waals surface area contributed by atoms with Crippen LogP contribution in [0.25, 0.3) is 0 Å². The Bertz CT molecular complexity index is 672. The normalized spacial score (nSPS) is 13.1. The molecule has 0 aliphatic carbocycles. The van der Waals surface area contributed by atoms with Gasteiger partial charge in [-0.05, 0) is 27.4 Å². The maximum absolute atomic E-state index is 12.2. The maximum atomic E-state index is 12.2. The number of hydrogen-bond acceptors (Lipinski definition) is 5. The quantitative estimate of drug-likeness (QED) is 0.812. The Morgan fingerprint density at radius 2 is 2.00 bits per heavy atom. The van der Waals surface area contributed by atoms with Crippen LogP contribution in [0, 0.1) is 0 Å². The van der Waals surface area contributed by atoms with Gasteiger partial charge in [-0.3, -0.25) is 4.79 Å². The molecule has 5 nitrogen and oxygen atoms in total. The Morgan fingerprint density at radius 1 is 1.30 bits per heavy atom. The molecule has 1 aromatic heterocycles. The van der Waals surface area contributed by atoms with Gasteiger partial charge in [-0.25, -0.2) is 0 Å². The lowest BCUT2D eigenvalue weighted by atomic mass is 10.2. The van der Waals surface area contributed by atoms with Gasteiger partial charge in [-0.2, -0.15) is 0 Å². The first-order chi connectivity index (χ1) is 9.65. The second-order valence-corrected chi connectivity index (χ2v) is 5.91. The fraction of sp³-hybridized carbons (Fsp3) is 0.154. The number of nitrogens with one attached hydrogen (secondary N) is 1. The van der Waals surface area contributed by atoms with Gasteiger partial charge in [0.05, 0.1) is 11.4 Å². The molecule has 7 heteroatoms. The highest BCUT2D eigenvalue weighted by Gasteiger charge is 2.17. The molecule has 3 N–H and O–H groups in total. The number of thiophene rings is 1. The van der Waals surface area contributed by atoms with Crippen molar-refractivity contribution in [2.45, 2.75) is 0 Å². The number of rotatable bonds is 2. The summed E-state index contributed by atoms with van der Waals surface area (Å²) < 4.78 is 11.7. The van der Waals surface area contributed by atoms with E-state index in [1.54, 1.807) is 12.1 Å². The zero-order valence-corrected chi connectivity index (χ0v) is 12.7. The summed E-state index contributed by atoms with van der Waals surface area (Å²) in [7, 11) is 0. The molecule has 1 aliphatic heterocycles. The van der Waals surface area contributed by atoms with E-state index >= 15 is 0 Å². The smallest absolute Gasteiger partial charge is 0.266 e. The van der Waals surface area contributed by atoms with E-state index in [0.717, 1.165) is 4.47 Å². The van der Waals surface area contributed by atoms with Gasteiger partial charge in [0.2, 0.25) is 0 Å². The summed E-state index contributed by atoms with van der Waals surface area (Å²) in [5.41, 5.74) is 6.88. The van der Waals surface area contributed by atoms with Crippen LogP contribution in [0.4, 0.5) is 11.4 Å². The molecule has 3 rings (SSSR count). The lowest BCUT2D eigenvalue weighted by molar-refractivity contribution is 0.103. The van der Waals surface area contributed by atoms with E-state index in [-0.39, 0.29) is 5.91 Å². The van der Waals surface area contributed by atoms with Crippen LogP contribution in [-0.4, -0.2) is 19.1 Å². The van der Waals surface area contributed by atoms with Crippen LogP contribution in [0.3, 0.4) is 0 Å². The molecule has 2 heterocycles. The number of nitrogens with two attached hydrogens (primary N) is 1. The third kappa shape index (κ3) is 2.46. The van der Waals surface area contributed by atoms with Crippen molar-refractivity contribution in [2.75, 3.05) is 24.3 Å². The van der Waals surface area contributed by atoms with E-state index < -0.39 is 0 Å². The summed E-state index contributed by atoms with van der Waals surface area (Å²) in [6.45, 7) is 0.987. The SMILES string of the molecule is Nc1cc2c(cc1NC(=O)c1sccc1Br)OCCO2. The molecule has 0 radical (unpaired) electrons. The van der Waals surface area contributed by atoms with Crippen molar-refractivity contribution in [3.05, 3.63) is 32.9 Å². The first-order valence-corrected chi connectivity index (χ1v) is 7.56. The number of ether oxygens (including phenoxy) is 2. The van der Waals surface area contributed by atoms with Crippen LogP contribution in [0.2, 0.25) is 0 Å².